The van der Waals surface area contributed by atoms with E-state index in [1.807, 2.05) is 6.92 Å². The van der Waals surface area contributed by atoms with Crippen molar-refractivity contribution in [1.29, 1.82) is 0 Å². The minimum atomic E-state index is 0.355. The van der Waals surface area contributed by atoms with Gasteiger partial charge in [-0.1, -0.05) is 24.6 Å². The predicted octanol–water partition coefficient (Wildman–Crippen LogP) is 2.39. The van der Waals surface area contributed by atoms with Crippen LogP contribution in [0.5, 0.6) is 0 Å². The van der Waals surface area contributed by atoms with Crippen LogP contribution in [0.2, 0.25) is 0 Å². The van der Waals surface area contributed by atoms with E-state index in [0.29, 0.717) is 12.0 Å². The molecule has 0 aromatic carbocycles. The van der Waals surface area contributed by atoms with Crippen molar-refractivity contribution in [2.24, 2.45) is 11.8 Å². The van der Waals surface area contributed by atoms with E-state index in [9.17, 15) is 0 Å². The molecule has 2 atom stereocenters. The largest absolute Gasteiger partial charge is 0.271 e. The van der Waals surface area contributed by atoms with Crippen LogP contribution in [0.1, 0.15) is 33.6 Å². The zero-order valence-corrected chi connectivity index (χ0v) is 9.01. The van der Waals surface area contributed by atoms with Crippen LogP contribution in [0.3, 0.4) is 0 Å². The Morgan fingerprint density at radius 1 is 1.62 bits per heavy atom. The topological polar surface area (TPSA) is 38.0 Å². The van der Waals surface area contributed by atoms with E-state index in [1.54, 1.807) is 0 Å². The first-order valence-electron chi connectivity index (χ1n) is 4.83. The van der Waals surface area contributed by atoms with Crippen LogP contribution in [-0.4, -0.2) is 6.04 Å². The molecule has 0 aliphatic carbocycles. The molecule has 0 saturated heterocycles. The van der Waals surface area contributed by atoms with Gasteiger partial charge in [0.25, 0.3) is 0 Å². The Morgan fingerprint density at radius 2 is 2.23 bits per heavy atom. The molecule has 0 radical (unpaired) electrons. The molecule has 76 valence electrons. The van der Waals surface area contributed by atoms with Crippen molar-refractivity contribution in [2.75, 3.05) is 0 Å². The molecule has 0 saturated carbocycles. The molecule has 0 aliphatic rings. The quantitative estimate of drug-likeness (QED) is 0.376. The van der Waals surface area contributed by atoms with E-state index in [-0.39, 0.29) is 0 Å². The van der Waals surface area contributed by atoms with Crippen molar-refractivity contribution in [3.05, 3.63) is 24.3 Å². The van der Waals surface area contributed by atoms with Crippen molar-refractivity contribution >= 4 is 0 Å². The number of rotatable bonds is 6. The first-order valence-corrected chi connectivity index (χ1v) is 4.83. The highest BCUT2D eigenvalue weighted by molar-refractivity contribution is 4.94. The lowest BCUT2D eigenvalue weighted by Gasteiger charge is -2.21. The van der Waals surface area contributed by atoms with Gasteiger partial charge in [0.1, 0.15) is 0 Å². The molecule has 3 N–H and O–H groups in total. The van der Waals surface area contributed by atoms with Gasteiger partial charge in [-0.05, 0) is 32.6 Å². The van der Waals surface area contributed by atoms with Crippen molar-refractivity contribution < 1.29 is 0 Å². The molecule has 2 nitrogen and oxygen atoms in total. The summed E-state index contributed by atoms with van der Waals surface area (Å²) in [7, 11) is 0. The van der Waals surface area contributed by atoms with Crippen LogP contribution in [0, 0.1) is 5.92 Å². The fourth-order valence-corrected chi connectivity index (χ4v) is 1.44. The molecule has 0 rings (SSSR count). The van der Waals surface area contributed by atoms with Crippen LogP contribution in [0.4, 0.5) is 0 Å². The highest BCUT2D eigenvalue weighted by atomic mass is 15.2. The third-order valence-corrected chi connectivity index (χ3v) is 2.20. The summed E-state index contributed by atoms with van der Waals surface area (Å²) in [4.78, 5) is 0. The monoisotopic (exact) mass is 182 g/mol. The first kappa shape index (κ1) is 12.4. The lowest BCUT2D eigenvalue weighted by molar-refractivity contribution is 0.381. The molecule has 2 unspecified atom stereocenters. The van der Waals surface area contributed by atoms with E-state index in [2.05, 4.69) is 38.0 Å². The van der Waals surface area contributed by atoms with Crippen LogP contribution in [0.25, 0.3) is 0 Å². The second-order valence-corrected chi connectivity index (χ2v) is 3.72. The number of hydrogen-bond donors (Lipinski definition) is 2. The number of hydrazine groups is 1. The van der Waals surface area contributed by atoms with E-state index >= 15 is 0 Å². The normalized spacial score (nSPS) is 16.0. The van der Waals surface area contributed by atoms with Gasteiger partial charge in [0.2, 0.25) is 0 Å². The maximum Gasteiger partial charge on any atom is 0.0273 e. The van der Waals surface area contributed by atoms with Gasteiger partial charge in [0.15, 0.2) is 0 Å². The van der Waals surface area contributed by atoms with E-state index in [0.717, 1.165) is 12.8 Å². The highest BCUT2D eigenvalue weighted by Gasteiger charge is 2.13. The number of nitrogens with one attached hydrogen (secondary N) is 1. The molecule has 0 aliphatic heterocycles. The Bertz CT molecular complexity index is 173. The van der Waals surface area contributed by atoms with Gasteiger partial charge in [0, 0.05) is 6.04 Å². The fourth-order valence-electron chi connectivity index (χ4n) is 1.44. The van der Waals surface area contributed by atoms with Crippen molar-refractivity contribution in [3.8, 4) is 0 Å². The minimum absolute atomic E-state index is 0.355. The molecule has 0 heterocycles. The predicted molar refractivity (Wildman–Crippen MR) is 59.1 cm³/mol. The van der Waals surface area contributed by atoms with E-state index in [4.69, 9.17) is 5.84 Å². The summed E-state index contributed by atoms with van der Waals surface area (Å²) in [6, 6.07) is 0.355. The Balaban J connectivity index is 3.98. The van der Waals surface area contributed by atoms with Gasteiger partial charge in [-0.15, -0.1) is 6.58 Å². The van der Waals surface area contributed by atoms with Crippen LogP contribution >= 0.6 is 0 Å². The summed E-state index contributed by atoms with van der Waals surface area (Å²) < 4.78 is 0. The van der Waals surface area contributed by atoms with Gasteiger partial charge in [-0.25, -0.2) is 0 Å². The number of allylic oxidation sites excluding steroid dienone is 2. The molecule has 0 spiro atoms. The van der Waals surface area contributed by atoms with Crippen LogP contribution in [0.15, 0.2) is 24.3 Å². The number of nitrogens with two attached hydrogens (primary N) is 1. The zero-order valence-electron chi connectivity index (χ0n) is 9.01. The summed E-state index contributed by atoms with van der Waals surface area (Å²) in [5.74, 6) is 6.02. The lowest BCUT2D eigenvalue weighted by atomic mass is 9.93. The Kier molecular flexibility index (Phi) is 6.55. The maximum absolute atomic E-state index is 5.48. The standard InChI is InChI=1S/C11H22N2/c1-5-6-7-11(13-12)10(4)8-9(2)3/h5-6,10-11,13H,2,7-8,12H2,1,3-4H3. The molecule has 0 bridgehead atoms. The second kappa shape index (κ2) is 6.87. The second-order valence-electron chi connectivity index (χ2n) is 3.72. The molecule has 0 fully saturated rings. The van der Waals surface area contributed by atoms with E-state index in [1.165, 1.54) is 5.57 Å². The van der Waals surface area contributed by atoms with Gasteiger partial charge >= 0.3 is 0 Å². The summed E-state index contributed by atoms with van der Waals surface area (Å²) in [5.41, 5.74) is 4.07. The van der Waals surface area contributed by atoms with Crippen LogP contribution < -0.4 is 11.3 Å². The van der Waals surface area contributed by atoms with Crippen molar-refractivity contribution in [2.45, 2.75) is 39.7 Å². The van der Waals surface area contributed by atoms with Gasteiger partial charge < -0.3 is 0 Å². The third kappa shape index (κ3) is 5.61. The molecule has 0 aromatic rings. The Morgan fingerprint density at radius 3 is 2.62 bits per heavy atom. The molecular weight excluding hydrogens is 160 g/mol. The van der Waals surface area contributed by atoms with Gasteiger partial charge in [-0.3, -0.25) is 11.3 Å². The molecule has 0 amide bonds. The molecule has 2 heteroatoms. The zero-order chi connectivity index (χ0) is 10.3. The summed E-state index contributed by atoms with van der Waals surface area (Å²) in [6.07, 6.45) is 6.21. The SMILES string of the molecule is C=C(C)CC(C)C(CC=CC)NN. The third-order valence-electron chi connectivity index (χ3n) is 2.20. The number of hydrogen-bond acceptors (Lipinski definition) is 2. The summed E-state index contributed by atoms with van der Waals surface area (Å²) in [5, 5.41) is 0. The van der Waals surface area contributed by atoms with Crippen molar-refractivity contribution in [1.82, 2.24) is 5.43 Å². The highest BCUT2D eigenvalue weighted by Crippen LogP contribution is 2.15. The lowest BCUT2D eigenvalue weighted by Crippen LogP contribution is -2.39. The van der Waals surface area contributed by atoms with E-state index < -0.39 is 0 Å². The van der Waals surface area contributed by atoms with Crippen molar-refractivity contribution in [3.63, 3.8) is 0 Å². The Hall–Kier alpha value is -0.600. The average Bonchev–Trinajstić information content (AvgIpc) is 2.04. The first-order chi connectivity index (χ1) is 6.11. The average molecular weight is 182 g/mol. The molecule has 0 aromatic heterocycles. The molecular formula is C11H22N2. The smallest absolute Gasteiger partial charge is 0.0273 e. The summed E-state index contributed by atoms with van der Waals surface area (Å²) >= 11 is 0. The Labute approximate surface area is 81.9 Å². The van der Waals surface area contributed by atoms with Gasteiger partial charge in [-0.2, -0.15) is 0 Å². The molecule has 13 heavy (non-hydrogen) atoms. The van der Waals surface area contributed by atoms with Crippen LogP contribution in [-0.2, 0) is 0 Å². The maximum atomic E-state index is 5.48. The fraction of sp³-hybridized carbons (Fsp3) is 0.636. The van der Waals surface area contributed by atoms with Gasteiger partial charge in [0.05, 0.1) is 0 Å². The minimum Gasteiger partial charge on any atom is -0.271 e. The summed E-state index contributed by atoms with van der Waals surface area (Å²) in [6.45, 7) is 10.2.